The van der Waals surface area contributed by atoms with Crippen molar-refractivity contribution in [2.75, 3.05) is 26.2 Å². The van der Waals surface area contributed by atoms with E-state index >= 15 is 0 Å². The molecule has 4 N–H and O–H groups in total. The van der Waals surface area contributed by atoms with Crippen LogP contribution in [0.5, 0.6) is 0 Å². The zero-order chi connectivity index (χ0) is 14.8. The second kappa shape index (κ2) is 9.34. The normalized spacial score (nSPS) is 12.1. The molecule has 0 aliphatic carbocycles. The molecular formula is C15H26N4O. The molecule has 0 aliphatic heterocycles. The molecule has 1 rings (SSSR count). The van der Waals surface area contributed by atoms with Crippen LogP contribution in [0.3, 0.4) is 0 Å². The van der Waals surface area contributed by atoms with Gasteiger partial charge in [0.1, 0.15) is 0 Å². The summed E-state index contributed by atoms with van der Waals surface area (Å²) in [6, 6.07) is 7.70. The van der Waals surface area contributed by atoms with Crippen LogP contribution >= 0.6 is 0 Å². The smallest absolute Gasteiger partial charge is 0.170 e. The Morgan fingerprint density at radius 3 is 2.70 bits per heavy atom. The van der Waals surface area contributed by atoms with Gasteiger partial charge in [0.25, 0.3) is 0 Å². The van der Waals surface area contributed by atoms with E-state index in [1.54, 1.807) is 0 Å². The molecule has 5 nitrogen and oxygen atoms in total. The molecule has 5 heteroatoms. The maximum absolute atomic E-state index is 8.78. The summed E-state index contributed by atoms with van der Waals surface area (Å²) in [5.74, 6) is 0.156. The van der Waals surface area contributed by atoms with E-state index in [9.17, 15) is 0 Å². The van der Waals surface area contributed by atoms with Gasteiger partial charge in [0, 0.05) is 25.2 Å². The average molecular weight is 278 g/mol. The summed E-state index contributed by atoms with van der Waals surface area (Å²) in [4.78, 5) is 2.42. The predicted molar refractivity (Wildman–Crippen MR) is 83.1 cm³/mol. The fourth-order valence-corrected chi connectivity index (χ4v) is 2.18. The van der Waals surface area contributed by atoms with Crippen LogP contribution in [-0.2, 0) is 6.54 Å². The standard InChI is InChI=1S/C15H26N4O/c1-3-10-19(4-2)11-9-17-12-13-7-5-6-8-14(13)15(16)18-20/h5-8,17,20H,3-4,9-12H2,1-2H3,(H2,16,18). The molecule has 0 bridgehead atoms. The molecule has 0 saturated carbocycles. The Balaban J connectivity index is 2.46. The van der Waals surface area contributed by atoms with Crippen LogP contribution in [0.25, 0.3) is 0 Å². The van der Waals surface area contributed by atoms with E-state index < -0.39 is 0 Å². The van der Waals surface area contributed by atoms with Crippen LogP contribution in [0, 0.1) is 0 Å². The Kier molecular flexibility index (Phi) is 7.69. The second-order valence-corrected chi connectivity index (χ2v) is 4.75. The first-order valence-electron chi connectivity index (χ1n) is 7.21. The summed E-state index contributed by atoms with van der Waals surface area (Å²) in [5.41, 5.74) is 7.50. The maximum atomic E-state index is 8.78. The van der Waals surface area contributed by atoms with Crippen molar-refractivity contribution < 1.29 is 5.21 Å². The van der Waals surface area contributed by atoms with Crippen molar-refractivity contribution in [2.24, 2.45) is 10.9 Å². The lowest BCUT2D eigenvalue weighted by molar-refractivity contribution is 0.287. The highest BCUT2D eigenvalue weighted by Gasteiger charge is 2.06. The van der Waals surface area contributed by atoms with E-state index in [2.05, 4.69) is 29.2 Å². The van der Waals surface area contributed by atoms with Gasteiger partial charge in [-0.3, -0.25) is 0 Å². The molecular weight excluding hydrogens is 252 g/mol. The zero-order valence-corrected chi connectivity index (χ0v) is 12.5. The Morgan fingerprint density at radius 2 is 2.05 bits per heavy atom. The second-order valence-electron chi connectivity index (χ2n) is 4.75. The van der Waals surface area contributed by atoms with E-state index in [4.69, 9.17) is 10.9 Å². The summed E-state index contributed by atoms with van der Waals surface area (Å²) >= 11 is 0. The first-order chi connectivity index (χ1) is 9.72. The van der Waals surface area contributed by atoms with E-state index in [-0.39, 0.29) is 5.84 Å². The number of nitrogens with zero attached hydrogens (tertiary/aromatic N) is 2. The third kappa shape index (κ3) is 5.19. The van der Waals surface area contributed by atoms with Gasteiger partial charge in [-0.1, -0.05) is 43.3 Å². The van der Waals surface area contributed by atoms with Gasteiger partial charge in [-0.15, -0.1) is 0 Å². The summed E-state index contributed by atoms with van der Waals surface area (Å²) in [6.07, 6.45) is 1.18. The van der Waals surface area contributed by atoms with Crippen molar-refractivity contribution in [3.05, 3.63) is 35.4 Å². The molecule has 0 atom stereocenters. The van der Waals surface area contributed by atoms with E-state index in [1.165, 1.54) is 6.42 Å². The molecule has 20 heavy (non-hydrogen) atoms. The fraction of sp³-hybridized carbons (Fsp3) is 0.533. The van der Waals surface area contributed by atoms with Crippen molar-refractivity contribution >= 4 is 5.84 Å². The number of hydrogen-bond acceptors (Lipinski definition) is 4. The maximum Gasteiger partial charge on any atom is 0.170 e. The number of rotatable bonds is 9. The first-order valence-corrected chi connectivity index (χ1v) is 7.21. The Hall–Kier alpha value is -1.59. The molecule has 0 amide bonds. The number of benzene rings is 1. The molecule has 0 fully saturated rings. The van der Waals surface area contributed by atoms with Gasteiger partial charge in [-0.2, -0.15) is 0 Å². The lowest BCUT2D eigenvalue weighted by Gasteiger charge is -2.19. The average Bonchev–Trinajstić information content (AvgIpc) is 2.50. The summed E-state index contributed by atoms with van der Waals surface area (Å²) in [7, 11) is 0. The van der Waals surface area contributed by atoms with Crippen LogP contribution in [-0.4, -0.2) is 42.1 Å². The molecule has 0 unspecified atom stereocenters. The van der Waals surface area contributed by atoms with Crippen molar-refractivity contribution in [1.29, 1.82) is 0 Å². The molecule has 112 valence electrons. The highest BCUT2D eigenvalue weighted by molar-refractivity contribution is 5.98. The first kappa shape index (κ1) is 16.5. The topological polar surface area (TPSA) is 73.9 Å². The minimum Gasteiger partial charge on any atom is -0.409 e. The zero-order valence-electron chi connectivity index (χ0n) is 12.5. The minimum absolute atomic E-state index is 0.156. The molecule has 0 saturated heterocycles. The number of nitrogens with two attached hydrogens (primary N) is 1. The van der Waals surface area contributed by atoms with Gasteiger partial charge < -0.3 is 21.2 Å². The summed E-state index contributed by atoms with van der Waals surface area (Å²) in [5, 5.41) is 15.3. The van der Waals surface area contributed by atoms with E-state index in [0.717, 1.165) is 43.9 Å². The molecule has 0 heterocycles. The SMILES string of the molecule is CCCN(CC)CCNCc1ccccc1/C(N)=N/O. The van der Waals surface area contributed by atoms with E-state index in [1.807, 2.05) is 24.3 Å². The molecule has 1 aromatic rings. The number of nitrogens with one attached hydrogen (secondary N) is 1. The predicted octanol–water partition coefficient (Wildman–Crippen LogP) is 1.60. The Labute approximate surface area is 121 Å². The van der Waals surface area contributed by atoms with Gasteiger partial charge in [0.05, 0.1) is 0 Å². The largest absolute Gasteiger partial charge is 0.409 e. The third-order valence-corrected chi connectivity index (χ3v) is 3.31. The van der Waals surface area contributed by atoms with Gasteiger partial charge in [0.2, 0.25) is 0 Å². The number of likely N-dealkylation sites (N-methyl/N-ethyl adjacent to an activating group) is 1. The molecule has 0 radical (unpaired) electrons. The van der Waals surface area contributed by atoms with Crippen LogP contribution in [0.2, 0.25) is 0 Å². The van der Waals surface area contributed by atoms with Crippen LogP contribution in [0.15, 0.2) is 29.4 Å². The number of oxime groups is 1. The highest BCUT2D eigenvalue weighted by atomic mass is 16.4. The monoisotopic (exact) mass is 278 g/mol. The van der Waals surface area contributed by atoms with Crippen molar-refractivity contribution in [3.63, 3.8) is 0 Å². The van der Waals surface area contributed by atoms with E-state index in [0.29, 0.717) is 0 Å². The van der Waals surface area contributed by atoms with Crippen LogP contribution in [0.1, 0.15) is 31.4 Å². The van der Waals surface area contributed by atoms with Gasteiger partial charge >= 0.3 is 0 Å². The van der Waals surface area contributed by atoms with Gasteiger partial charge in [-0.05, 0) is 25.1 Å². The van der Waals surface area contributed by atoms with Gasteiger partial charge in [-0.25, -0.2) is 0 Å². The third-order valence-electron chi connectivity index (χ3n) is 3.31. The molecule has 0 spiro atoms. The lowest BCUT2D eigenvalue weighted by Crippen LogP contribution is -2.32. The molecule has 1 aromatic carbocycles. The number of amidine groups is 1. The van der Waals surface area contributed by atoms with Gasteiger partial charge in [0.15, 0.2) is 5.84 Å². The highest BCUT2D eigenvalue weighted by Crippen LogP contribution is 2.08. The van der Waals surface area contributed by atoms with Crippen molar-refractivity contribution in [3.8, 4) is 0 Å². The van der Waals surface area contributed by atoms with Crippen LogP contribution in [0.4, 0.5) is 0 Å². The Morgan fingerprint density at radius 1 is 1.30 bits per heavy atom. The Bertz CT molecular complexity index is 420. The van der Waals surface area contributed by atoms with Crippen LogP contribution < -0.4 is 11.1 Å². The number of hydrogen-bond donors (Lipinski definition) is 3. The molecule has 0 aliphatic rings. The fourth-order valence-electron chi connectivity index (χ4n) is 2.18. The quantitative estimate of drug-likeness (QED) is 0.211. The van der Waals surface area contributed by atoms with Crippen molar-refractivity contribution in [2.45, 2.75) is 26.8 Å². The molecule has 0 aromatic heterocycles. The minimum atomic E-state index is 0.156. The summed E-state index contributed by atoms with van der Waals surface area (Å²) in [6.45, 7) is 9.28. The van der Waals surface area contributed by atoms with Crippen molar-refractivity contribution in [1.82, 2.24) is 10.2 Å². The summed E-state index contributed by atoms with van der Waals surface area (Å²) < 4.78 is 0. The lowest BCUT2D eigenvalue weighted by atomic mass is 10.1.